The molecule has 6 heteroatoms. The number of Topliss-reactive ketones (excluding diaryl/α,β-unsaturated/α-hetero) is 2. The molecule has 0 atom stereocenters. The Hall–Kier alpha value is -2.21. The van der Waals surface area contributed by atoms with Gasteiger partial charge in [-0.2, -0.15) is 0 Å². The fourth-order valence-corrected chi connectivity index (χ4v) is 3.75. The lowest BCUT2D eigenvalue weighted by molar-refractivity contribution is -0.00648. The normalized spacial score (nSPS) is 16.4. The van der Waals surface area contributed by atoms with E-state index in [1.807, 2.05) is 0 Å². The highest BCUT2D eigenvalue weighted by atomic mass is 35.5. The van der Waals surface area contributed by atoms with Gasteiger partial charge in [-0.1, -0.05) is 11.6 Å². The van der Waals surface area contributed by atoms with Gasteiger partial charge in [0, 0.05) is 35.7 Å². The number of benzene rings is 2. The highest BCUT2D eigenvalue weighted by Crippen LogP contribution is 2.27. The zero-order valence-corrected chi connectivity index (χ0v) is 17.3. The molecule has 1 heterocycles. The zero-order valence-electron chi connectivity index (χ0n) is 16.6. The summed E-state index contributed by atoms with van der Waals surface area (Å²) >= 11 is 5.87. The molecule has 1 fully saturated rings. The van der Waals surface area contributed by atoms with Crippen LogP contribution in [0.25, 0.3) is 0 Å². The van der Waals surface area contributed by atoms with Crippen molar-refractivity contribution in [2.24, 2.45) is 0 Å². The van der Waals surface area contributed by atoms with Crippen molar-refractivity contribution in [1.82, 2.24) is 4.90 Å². The van der Waals surface area contributed by atoms with E-state index < -0.39 is 5.60 Å². The number of piperidine rings is 1. The van der Waals surface area contributed by atoms with Crippen LogP contribution in [0.3, 0.4) is 0 Å². The van der Waals surface area contributed by atoms with Crippen LogP contribution in [0.4, 0.5) is 0 Å². The van der Waals surface area contributed by atoms with E-state index in [-0.39, 0.29) is 11.6 Å². The standard InChI is InChI=1S/C23H26ClNO4/c1-29-20-10-6-17(7-11-20)21(26)3-2-14-25-15-12-23(28,13-16-25)22(27)18-4-8-19(24)9-5-18/h4-11,28H,2-3,12-16H2,1H3. The maximum Gasteiger partial charge on any atom is 0.194 e. The lowest BCUT2D eigenvalue weighted by Crippen LogP contribution is -2.49. The summed E-state index contributed by atoms with van der Waals surface area (Å²) in [6, 6.07) is 13.8. The van der Waals surface area contributed by atoms with Gasteiger partial charge < -0.3 is 14.7 Å². The molecule has 0 unspecified atom stereocenters. The number of hydrogen-bond donors (Lipinski definition) is 1. The van der Waals surface area contributed by atoms with E-state index in [1.54, 1.807) is 55.6 Å². The number of carbonyl (C=O) groups excluding carboxylic acids is 2. The van der Waals surface area contributed by atoms with Gasteiger partial charge in [-0.25, -0.2) is 0 Å². The molecular formula is C23H26ClNO4. The van der Waals surface area contributed by atoms with E-state index in [0.717, 1.165) is 18.7 Å². The van der Waals surface area contributed by atoms with Gasteiger partial charge in [0.15, 0.2) is 11.6 Å². The number of aliphatic hydroxyl groups is 1. The minimum Gasteiger partial charge on any atom is -0.497 e. The average molecular weight is 416 g/mol. The summed E-state index contributed by atoms with van der Waals surface area (Å²) in [5, 5.41) is 11.4. The number of nitrogens with zero attached hydrogens (tertiary/aromatic N) is 1. The number of carbonyl (C=O) groups is 2. The average Bonchev–Trinajstić information content (AvgIpc) is 2.75. The van der Waals surface area contributed by atoms with Gasteiger partial charge in [0.05, 0.1) is 7.11 Å². The Morgan fingerprint density at radius 1 is 1.03 bits per heavy atom. The van der Waals surface area contributed by atoms with Crippen LogP contribution in [0.15, 0.2) is 48.5 Å². The molecular weight excluding hydrogens is 390 g/mol. The Morgan fingerprint density at radius 3 is 2.21 bits per heavy atom. The summed E-state index contributed by atoms with van der Waals surface area (Å²) in [5.74, 6) is 0.595. The van der Waals surface area contributed by atoms with Gasteiger partial charge in [0.2, 0.25) is 0 Å². The van der Waals surface area contributed by atoms with Crippen molar-refractivity contribution in [2.75, 3.05) is 26.7 Å². The van der Waals surface area contributed by atoms with Crippen molar-refractivity contribution in [3.8, 4) is 5.75 Å². The number of rotatable bonds is 8. The molecule has 0 radical (unpaired) electrons. The van der Waals surface area contributed by atoms with E-state index in [0.29, 0.717) is 48.5 Å². The Kier molecular flexibility index (Phi) is 7.06. The van der Waals surface area contributed by atoms with Gasteiger partial charge in [-0.15, -0.1) is 0 Å². The van der Waals surface area contributed by atoms with Crippen molar-refractivity contribution in [2.45, 2.75) is 31.3 Å². The van der Waals surface area contributed by atoms with Crippen LogP contribution in [0.2, 0.25) is 5.02 Å². The quantitative estimate of drug-likeness (QED) is 0.659. The van der Waals surface area contributed by atoms with Gasteiger partial charge in [0.1, 0.15) is 11.4 Å². The molecule has 2 aromatic rings. The first-order chi connectivity index (χ1) is 13.9. The number of halogens is 1. The van der Waals surface area contributed by atoms with Gasteiger partial charge >= 0.3 is 0 Å². The fourth-order valence-electron chi connectivity index (χ4n) is 3.63. The molecule has 0 spiro atoms. The van der Waals surface area contributed by atoms with Crippen LogP contribution in [0.1, 0.15) is 46.4 Å². The molecule has 0 bridgehead atoms. The molecule has 29 heavy (non-hydrogen) atoms. The molecule has 1 aliphatic heterocycles. The van der Waals surface area contributed by atoms with Crippen LogP contribution < -0.4 is 4.74 Å². The second-order valence-corrected chi connectivity index (χ2v) is 7.90. The molecule has 3 rings (SSSR count). The summed E-state index contributed by atoms with van der Waals surface area (Å²) in [5.41, 5.74) is -0.161. The van der Waals surface area contributed by atoms with Crippen molar-refractivity contribution >= 4 is 23.2 Å². The fraction of sp³-hybridized carbons (Fsp3) is 0.391. The third-order valence-corrected chi connectivity index (χ3v) is 5.75. The first-order valence-electron chi connectivity index (χ1n) is 9.84. The van der Waals surface area contributed by atoms with Crippen molar-refractivity contribution < 1.29 is 19.4 Å². The van der Waals surface area contributed by atoms with Gasteiger partial charge in [-0.05, 0) is 74.3 Å². The highest BCUT2D eigenvalue weighted by molar-refractivity contribution is 6.30. The van der Waals surface area contributed by atoms with Crippen LogP contribution in [-0.2, 0) is 0 Å². The Bertz CT molecular complexity index is 840. The Balaban J connectivity index is 1.45. The second-order valence-electron chi connectivity index (χ2n) is 7.46. The van der Waals surface area contributed by atoms with Crippen LogP contribution in [-0.4, -0.2) is 53.9 Å². The number of ketones is 2. The summed E-state index contributed by atoms with van der Waals surface area (Å²) in [7, 11) is 1.60. The maximum absolute atomic E-state index is 12.7. The van der Waals surface area contributed by atoms with E-state index >= 15 is 0 Å². The molecule has 1 aliphatic rings. The maximum atomic E-state index is 12.7. The lowest BCUT2D eigenvalue weighted by atomic mass is 9.84. The predicted molar refractivity (Wildman–Crippen MR) is 113 cm³/mol. The monoisotopic (exact) mass is 415 g/mol. The summed E-state index contributed by atoms with van der Waals surface area (Å²) in [6.45, 7) is 2.03. The van der Waals surface area contributed by atoms with Crippen LogP contribution in [0.5, 0.6) is 5.75 Å². The highest BCUT2D eigenvalue weighted by Gasteiger charge is 2.39. The zero-order chi connectivity index (χ0) is 20.9. The third kappa shape index (κ3) is 5.44. The third-order valence-electron chi connectivity index (χ3n) is 5.50. The van der Waals surface area contributed by atoms with E-state index in [9.17, 15) is 14.7 Å². The van der Waals surface area contributed by atoms with Gasteiger partial charge in [-0.3, -0.25) is 9.59 Å². The minimum atomic E-state index is -1.33. The van der Waals surface area contributed by atoms with E-state index in [1.165, 1.54) is 0 Å². The van der Waals surface area contributed by atoms with E-state index in [4.69, 9.17) is 16.3 Å². The molecule has 0 amide bonds. The minimum absolute atomic E-state index is 0.110. The molecule has 5 nitrogen and oxygen atoms in total. The SMILES string of the molecule is COc1ccc(C(=O)CCCN2CCC(O)(C(=O)c3ccc(Cl)cc3)CC2)cc1. The second kappa shape index (κ2) is 9.53. The smallest absolute Gasteiger partial charge is 0.194 e. The number of ether oxygens (including phenoxy) is 1. The predicted octanol–water partition coefficient (Wildman–Crippen LogP) is 4.02. The molecule has 1 N–H and O–H groups in total. The lowest BCUT2D eigenvalue weighted by Gasteiger charge is -2.37. The van der Waals surface area contributed by atoms with Crippen LogP contribution >= 0.6 is 11.6 Å². The topological polar surface area (TPSA) is 66.8 Å². The molecule has 0 aliphatic carbocycles. The molecule has 0 aromatic heterocycles. The molecule has 2 aromatic carbocycles. The molecule has 1 saturated heterocycles. The summed E-state index contributed by atoms with van der Waals surface area (Å²) in [4.78, 5) is 27.2. The van der Waals surface area contributed by atoms with Crippen molar-refractivity contribution in [3.05, 3.63) is 64.7 Å². The van der Waals surface area contributed by atoms with Crippen molar-refractivity contribution in [1.29, 1.82) is 0 Å². The number of methoxy groups -OCH3 is 1. The largest absolute Gasteiger partial charge is 0.497 e. The summed E-state index contributed by atoms with van der Waals surface area (Å²) < 4.78 is 5.11. The number of hydrogen-bond acceptors (Lipinski definition) is 5. The van der Waals surface area contributed by atoms with E-state index in [2.05, 4.69) is 4.90 Å². The van der Waals surface area contributed by atoms with Crippen molar-refractivity contribution in [3.63, 3.8) is 0 Å². The Morgan fingerprint density at radius 2 is 1.62 bits per heavy atom. The first kappa shape index (κ1) is 21.5. The van der Waals surface area contributed by atoms with Gasteiger partial charge in [0.25, 0.3) is 0 Å². The number of likely N-dealkylation sites (tertiary alicyclic amines) is 1. The Labute approximate surface area is 176 Å². The summed E-state index contributed by atoms with van der Waals surface area (Å²) in [6.07, 6.45) is 1.99. The molecule has 154 valence electrons. The molecule has 0 saturated carbocycles. The first-order valence-corrected chi connectivity index (χ1v) is 10.2. The van der Waals surface area contributed by atoms with Crippen LogP contribution in [0, 0.1) is 0 Å².